The Bertz CT molecular complexity index is 547. The number of nitrogens with two attached hydrogens (primary N) is 1. The van der Waals surface area contributed by atoms with E-state index in [4.69, 9.17) is 5.73 Å². The Morgan fingerprint density at radius 1 is 1.33 bits per heavy atom. The maximum absolute atomic E-state index is 5.82. The van der Waals surface area contributed by atoms with E-state index in [1.54, 1.807) is 16.0 Å². The molecule has 0 radical (unpaired) electrons. The number of hydrogen-bond donors (Lipinski definition) is 1. The van der Waals surface area contributed by atoms with Crippen molar-refractivity contribution in [3.8, 4) is 11.5 Å². The van der Waals surface area contributed by atoms with Gasteiger partial charge < -0.3 is 5.73 Å². The summed E-state index contributed by atoms with van der Waals surface area (Å²) in [5.74, 6) is 1.62. The zero-order valence-electron chi connectivity index (χ0n) is 11.4. The first kappa shape index (κ1) is 13.2. The van der Waals surface area contributed by atoms with Gasteiger partial charge in [-0.3, -0.25) is 0 Å². The molecule has 2 N–H and O–H groups in total. The zero-order valence-corrected chi connectivity index (χ0v) is 12.2. The summed E-state index contributed by atoms with van der Waals surface area (Å²) in [7, 11) is 1.89. The summed E-state index contributed by atoms with van der Waals surface area (Å²) in [6, 6.07) is -0.0425. The molecule has 0 saturated carbocycles. The van der Waals surface area contributed by atoms with E-state index in [0.717, 1.165) is 22.4 Å². The van der Waals surface area contributed by atoms with Gasteiger partial charge in [-0.1, -0.05) is 20.8 Å². The molecule has 18 heavy (non-hydrogen) atoms. The third-order valence-corrected chi connectivity index (χ3v) is 3.62. The molecule has 0 aromatic carbocycles. The van der Waals surface area contributed by atoms with E-state index in [1.165, 1.54) is 0 Å². The highest BCUT2D eigenvalue weighted by Gasteiger charge is 2.22. The Labute approximate surface area is 111 Å². The quantitative estimate of drug-likeness (QED) is 0.904. The largest absolute Gasteiger partial charge is 0.322 e. The van der Waals surface area contributed by atoms with Crippen LogP contribution in [0, 0.1) is 0 Å². The standard InChI is InChI=1S/C12H19N5S/c1-7(13)10-14-8(6-18-10)9-15-11(12(2,3)4)16-17(9)5/h6-7H,13H2,1-5H3. The van der Waals surface area contributed by atoms with Crippen LogP contribution in [0.15, 0.2) is 5.38 Å². The van der Waals surface area contributed by atoms with Crippen LogP contribution < -0.4 is 5.73 Å². The first-order valence-corrected chi connectivity index (χ1v) is 6.80. The lowest BCUT2D eigenvalue weighted by Crippen LogP contribution is -2.13. The molecule has 5 nitrogen and oxygen atoms in total. The SMILES string of the molecule is CC(N)c1nc(-c2nc(C(C)(C)C)nn2C)cs1. The van der Waals surface area contributed by atoms with Crippen LogP contribution in [0.25, 0.3) is 11.5 Å². The molecule has 2 aromatic rings. The minimum Gasteiger partial charge on any atom is -0.322 e. The van der Waals surface area contributed by atoms with Gasteiger partial charge in [-0.25, -0.2) is 14.6 Å². The molecule has 0 aliphatic carbocycles. The number of thiazole rings is 1. The molecule has 0 fully saturated rings. The minimum absolute atomic E-state index is 0.0425. The predicted octanol–water partition coefficient (Wildman–Crippen LogP) is 2.26. The van der Waals surface area contributed by atoms with Crippen LogP contribution in [0.3, 0.4) is 0 Å². The van der Waals surface area contributed by atoms with Gasteiger partial charge in [0, 0.05) is 17.8 Å². The highest BCUT2D eigenvalue weighted by Crippen LogP contribution is 2.25. The lowest BCUT2D eigenvalue weighted by molar-refractivity contribution is 0.538. The molecule has 0 spiro atoms. The molecule has 98 valence electrons. The Morgan fingerprint density at radius 2 is 2.00 bits per heavy atom. The van der Waals surface area contributed by atoms with E-state index in [0.29, 0.717) is 0 Å². The van der Waals surface area contributed by atoms with Gasteiger partial charge in [-0.15, -0.1) is 11.3 Å². The number of nitrogens with zero attached hydrogens (tertiary/aromatic N) is 4. The summed E-state index contributed by atoms with van der Waals surface area (Å²) in [5, 5.41) is 7.35. The topological polar surface area (TPSA) is 69.6 Å². The minimum atomic E-state index is -0.0595. The van der Waals surface area contributed by atoms with Crippen LogP contribution in [0.1, 0.15) is 44.6 Å². The lowest BCUT2D eigenvalue weighted by atomic mass is 9.96. The zero-order chi connectivity index (χ0) is 13.5. The molecule has 6 heteroatoms. The van der Waals surface area contributed by atoms with Crippen molar-refractivity contribution >= 4 is 11.3 Å². The second-order valence-electron chi connectivity index (χ2n) is 5.49. The molecule has 2 aromatic heterocycles. The molecule has 1 unspecified atom stereocenters. The third kappa shape index (κ3) is 2.44. The molecule has 2 rings (SSSR count). The van der Waals surface area contributed by atoms with Crippen molar-refractivity contribution in [2.75, 3.05) is 0 Å². The maximum atomic E-state index is 5.82. The molecular weight excluding hydrogens is 246 g/mol. The average molecular weight is 265 g/mol. The van der Waals surface area contributed by atoms with E-state index >= 15 is 0 Å². The Kier molecular flexibility index (Phi) is 3.25. The summed E-state index contributed by atoms with van der Waals surface area (Å²) in [6.45, 7) is 8.22. The van der Waals surface area contributed by atoms with Gasteiger partial charge in [0.2, 0.25) is 0 Å². The average Bonchev–Trinajstić information content (AvgIpc) is 2.81. The van der Waals surface area contributed by atoms with Gasteiger partial charge >= 0.3 is 0 Å². The van der Waals surface area contributed by atoms with E-state index in [-0.39, 0.29) is 11.5 Å². The van der Waals surface area contributed by atoms with Crippen molar-refractivity contribution in [1.82, 2.24) is 19.7 Å². The van der Waals surface area contributed by atoms with Crippen LogP contribution >= 0.6 is 11.3 Å². The van der Waals surface area contributed by atoms with E-state index < -0.39 is 0 Å². The second-order valence-corrected chi connectivity index (χ2v) is 6.38. The van der Waals surface area contributed by atoms with Crippen LogP contribution in [0.5, 0.6) is 0 Å². The molecule has 2 heterocycles. The van der Waals surface area contributed by atoms with Gasteiger partial charge in [-0.05, 0) is 6.92 Å². The van der Waals surface area contributed by atoms with Crippen molar-refractivity contribution < 1.29 is 0 Å². The fourth-order valence-electron chi connectivity index (χ4n) is 1.52. The monoisotopic (exact) mass is 265 g/mol. The summed E-state index contributed by atoms with van der Waals surface area (Å²) in [6.07, 6.45) is 0. The van der Waals surface area contributed by atoms with Gasteiger partial charge in [0.25, 0.3) is 0 Å². The lowest BCUT2D eigenvalue weighted by Gasteiger charge is -2.11. The molecule has 0 saturated heterocycles. The maximum Gasteiger partial charge on any atom is 0.177 e. The van der Waals surface area contributed by atoms with Crippen molar-refractivity contribution in [3.63, 3.8) is 0 Å². The molecule has 0 bridgehead atoms. The van der Waals surface area contributed by atoms with Crippen LogP contribution in [-0.2, 0) is 12.5 Å². The first-order chi connectivity index (χ1) is 8.29. The first-order valence-electron chi connectivity index (χ1n) is 5.92. The van der Waals surface area contributed by atoms with Gasteiger partial charge in [0.15, 0.2) is 11.6 Å². The summed E-state index contributed by atoms with van der Waals surface area (Å²) < 4.78 is 1.78. The summed E-state index contributed by atoms with van der Waals surface area (Å²) in [5.41, 5.74) is 6.61. The van der Waals surface area contributed by atoms with Crippen molar-refractivity contribution in [2.45, 2.75) is 39.2 Å². The fraction of sp³-hybridized carbons (Fsp3) is 0.583. The van der Waals surface area contributed by atoms with E-state index in [9.17, 15) is 0 Å². The highest BCUT2D eigenvalue weighted by atomic mass is 32.1. The summed E-state index contributed by atoms with van der Waals surface area (Å²) in [4.78, 5) is 9.09. The van der Waals surface area contributed by atoms with Crippen molar-refractivity contribution in [3.05, 3.63) is 16.2 Å². The second kappa shape index (κ2) is 4.44. The molecule has 0 aliphatic rings. The van der Waals surface area contributed by atoms with Gasteiger partial charge in [0.1, 0.15) is 10.7 Å². The highest BCUT2D eigenvalue weighted by molar-refractivity contribution is 7.10. The number of hydrogen-bond acceptors (Lipinski definition) is 5. The van der Waals surface area contributed by atoms with E-state index in [1.807, 2.05) is 19.4 Å². The summed E-state index contributed by atoms with van der Waals surface area (Å²) >= 11 is 1.56. The van der Waals surface area contributed by atoms with Crippen molar-refractivity contribution in [1.29, 1.82) is 0 Å². The van der Waals surface area contributed by atoms with Crippen molar-refractivity contribution in [2.24, 2.45) is 12.8 Å². The number of rotatable bonds is 2. The normalized spacial score (nSPS) is 13.9. The smallest absolute Gasteiger partial charge is 0.177 e. The van der Waals surface area contributed by atoms with Crippen LogP contribution in [-0.4, -0.2) is 19.7 Å². The molecular formula is C12H19N5S. The fourth-order valence-corrected chi connectivity index (χ4v) is 2.28. The van der Waals surface area contributed by atoms with Crippen LogP contribution in [0.2, 0.25) is 0 Å². The van der Waals surface area contributed by atoms with Gasteiger partial charge in [-0.2, -0.15) is 5.10 Å². The Balaban J connectivity index is 2.41. The molecule has 1 atom stereocenters. The Hall–Kier alpha value is -1.27. The Morgan fingerprint density at radius 3 is 2.44 bits per heavy atom. The molecule has 0 aliphatic heterocycles. The number of aryl methyl sites for hydroxylation is 1. The number of aromatic nitrogens is 4. The van der Waals surface area contributed by atoms with Gasteiger partial charge in [0.05, 0.1) is 6.04 Å². The third-order valence-electron chi connectivity index (χ3n) is 2.57. The molecule has 0 amide bonds. The van der Waals surface area contributed by atoms with Crippen LogP contribution in [0.4, 0.5) is 0 Å². The predicted molar refractivity (Wildman–Crippen MR) is 73.4 cm³/mol. The van der Waals surface area contributed by atoms with E-state index in [2.05, 4.69) is 35.8 Å².